The molecule has 0 aliphatic carbocycles. The largest absolute Gasteiger partial charge is 0.478 e. The van der Waals surface area contributed by atoms with Crippen LogP contribution in [0.15, 0.2) is 18.3 Å². The molecule has 0 saturated carbocycles. The summed E-state index contributed by atoms with van der Waals surface area (Å²) in [5.41, 5.74) is 0.976. The fraction of sp³-hybridized carbons (Fsp3) is 0.600. The third kappa shape index (κ3) is 8.62. The maximum Gasteiger partial charge on any atom is 0.241 e. The molecule has 2 aromatic rings. The van der Waals surface area contributed by atoms with E-state index < -0.39 is 10.0 Å². The highest BCUT2D eigenvalue weighted by Crippen LogP contribution is 2.21. The first-order valence-corrected chi connectivity index (χ1v) is 12.2. The van der Waals surface area contributed by atoms with Crippen LogP contribution in [0.3, 0.4) is 0 Å². The number of rotatable bonds is 12. The van der Waals surface area contributed by atoms with Crippen molar-refractivity contribution in [2.45, 2.75) is 52.5 Å². The van der Waals surface area contributed by atoms with Crippen LogP contribution >= 0.6 is 0 Å². The minimum absolute atomic E-state index is 0.0220. The average molecular weight is 453 g/mol. The lowest BCUT2D eigenvalue weighted by molar-refractivity contribution is 0.259. The molecule has 2 atom stereocenters. The fourth-order valence-electron chi connectivity index (χ4n) is 3.03. The first-order chi connectivity index (χ1) is 14.6. The quantitative estimate of drug-likeness (QED) is 0.442. The molecule has 3 N–H and O–H groups in total. The summed E-state index contributed by atoms with van der Waals surface area (Å²) in [4.78, 5) is 17.2. The van der Waals surface area contributed by atoms with Crippen LogP contribution < -0.4 is 14.8 Å². The van der Waals surface area contributed by atoms with Crippen LogP contribution in [0.4, 0.5) is 11.9 Å². The fourth-order valence-corrected chi connectivity index (χ4v) is 3.45. The minimum atomic E-state index is -3.56. The second kappa shape index (κ2) is 11.2. The Morgan fingerprint density at radius 1 is 1.13 bits per heavy atom. The molecule has 0 unspecified atom stereocenters. The van der Waals surface area contributed by atoms with Gasteiger partial charge in [-0.25, -0.2) is 13.4 Å². The number of pyridine rings is 1. The van der Waals surface area contributed by atoms with Crippen molar-refractivity contribution < 1.29 is 18.3 Å². The number of aromatic nitrogens is 4. The molecule has 2 rings (SSSR count). The Morgan fingerprint density at radius 2 is 1.84 bits per heavy atom. The summed E-state index contributed by atoms with van der Waals surface area (Å²) >= 11 is 0. The Hall–Kier alpha value is -2.53. The highest BCUT2D eigenvalue weighted by Gasteiger charge is 2.17. The van der Waals surface area contributed by atoms with Gasteiger partial charge in [0, 0.05) is 18.7 Å². The topological polar surface area (TPSA) is 139 Å². The lowest BCUT2D eigenvalue weighted by atomic mass is 9.99. The molecule has 172 valence electrons. The van der Waals surface area contributed by atoms with Crippen LogP contribution in [0.25, 0.3) is 0 Å². The van der Waals surface area contributed by atoms with Gasteiger partial charge in [-0.1, -0.05) is 26.8 Å². The van der Waals surface area contributed by atoms with Gasteiger partial charge in [-0.3, -0.25) is 4.72 Å². The van der Waals surface area contributed by atoms with E-state index in [9.17, 15) is 13.5 Å². The molecule has 0 radical (unpaired) electrons. The standard InChI is InChI=1S/C20H32N6O4S/c1-6-30-18-8-7-15(11-21-18)14(4)10-17-23-19(22-16(12-27)9-13(2)3)25-20(24-17)26-31(5,28)29/h7-8,11,13-14,16,27H,6,9-10,12H2,1-5H3,(H2,22,23,24,25,26)/t14-,16+/m0/s1. The van der Waals surface area contributed by atoms with Crippen molar-refractivity contribution in [2.75, 3.05) is 29.5 Å². The molecular weight excluding hydrogens is 420 g/mol. The van der Waals surface area contributed by atoms with Crippen molar-refractivity contribution in [1.82, 2.24) is 19.9 Å². The van der Waals surface area contributed by atoms with E-state index in [1.807, 2.05) is 39.8 Å². The van der Waals surface area contributed by atoms with E-state index >= 15 is 0 Å². The molecule has 2 heterocycles. The molecular formula is C20H32N6O4S. The lowest BCUT2D eigenvalue weighted by Crippen LogP contribution is -2.27. The lowest BCUT2D eigenvalue weighted by Gasteiger charge is -2.19. The van der Waals surface area contributed by atoms with Gasteiger partial charge in [0.15, 0.2) is 0 Å². The van der Waals surface area contributed by atoms with E-state index in [4.69, 9.17) is 4.74 Å². The Kier molecular flexibility index (Phi) is 8.93. The number of aliphatic hydroxyl groups excluding tert-OH is 1. The number of hydrogen-bond donors (Lipinski definition) is 3. The van der Waals surface area contributed by atoms with Crippen LogP contribution in [0.2, 0.25) is 0 Å². The molecule has 0 fully saturated rings. The third-order valence-electron chi connectivity index (χ3n) is 4.38. The molecule has 10 nitrogen and oxygen atoms in total. The molecule has 0 amide bonds. The second-order valence-corrected chi connectivity index (χ2v) is 9.64. The zero-order valence-corrected chi connectivity index (χ0v) is 19.5. The number of nitrogens with one attached hydrogen (secondary N) is 2. The first-order valence-electron chi connectivity index (χ1n) is 10.3. The van der Waals surface area contributed by atoms with Gasteiger partial charge >= 0.3 is 0 Å². The summed E-state index contributed by atoms with van der Waals surface area (Å²) in [6.07, 6.45) is 3.93. The predicted molar refractivity (Wildman–Crippen MR) is 120 cm³/mol. The minimum Gasteiger partial charge on any atom is -0.478 e. The van der Waals surface area contributed by atoms with Crippen molar-refractivity contribution in [2.24, 2.45) is 5.92 Å². The summed E-state index contributed by atoms with van der Waals surface area (Å²) in [6.45, 7) is 8.45. The SMILES string of the molecule is CCOc1ccc([C@@H](C)Cc2nc(N[C@@H](CO)CC(C)C)nc(NS(C)(=O)=O)n2)cn1. The van der Waals surface area contributed by atoms with Gasteiger partial charge in [0.05, 0.1) is 25.5 Å². The van der Waals surface area contributed by atoms with Crippen molar-refractivity contribution in [3.05, 3.63) is 29.7 Å². The Bertz CT molecular complexity index is 937. The number of ether oxygens (including phenoxy) is 1. The average Bonchev–Trinajstić information content (AvgIpc) is 2.66. The van der Waals surface area contributed by atoms with Crippen LogP contribution in [-0.4, -0.2) is 59.0 Å². The van der Waals surface area contributed by atoms with Crippen LogP contribution in [0.1, 0.15) is 51.4 Å². The summed E-state index contributed by atoms with van der Waals surface area (Å²) in [5, 5.41) is 12.7. The first kappa shape index (κ1) is 24.7. The van der Waals surface area contributed by atoms with E-state index in [-0.39, 0.29) is 30.5 Å². The number of anilines is 2. The zero-order valence-electron chi connectivity index (χ0n) is 18.7. The van der Waals surface area contributed by atoms with E-state index in [0.29, 0.717) is 37.1 Å². The van der Waals surface area contributed by atoms with Gasteiger partial charge in [0.25, 0.3) is 0 Å². The Labute approximate surface area is 184 Å². The highest BCUT2D eigenvalue weighted by atomic mass is 32.2. The summed E-state index contributed by atoms with van der Waals surface area (Å²) in [6, 6.07) is 3.49. The normalized spacial score (nSPS) is 13.6. The second-order valence-electron chi connectivity index (χ2n) is 7.89. The van der Waals surface area contributed by atoms with Crippen molar-refractivity contribution in [3.8, 4) is 5.88 Å². The van der Waals surface area contributed by atoms with Crippen LogP contribution in [0, 0.1) is 5.92 Å². The number of sulfonamides is 1. The van der Waals surface area contributed by atoms with Crippen LogP contribution in [0.5, 0.6) is 5.88 Å². The molecule has 0 aliphatic heterocycles. The van der Waals surface area contributed by atoms with Gasteiger partial charge in [-0.15, -0.1) is 0 Å². The molecule has 0 saturated heterocycles. The third-order valence-corrected chi connectivity index (χ3v) is 4.93. The van der Waals surface area contributed by atoms with E-state index in [1.165, 1.54) is 0 Å². The number of nitrogens with zero attached hydrogens (tertiary/aromatic N) is 4. The Balaban J connectivity index is 2.26. The smallest absolute Gasteiger partial charge is 0.241 e. The van der Waals surface area contributed by atoms with E-state index in [2.05, 4.69) is 30.0 Å². The number of aliphatic hydroxyl groups is 1. The molecule has 0 aromatic carbocycles. The molecule has 0 spiro atoms. The van der Waals surface area contributed by atoms with Gasteiger partial charge in [-0.05, 0) is 30.7 Å². The maximum absolute atomic E-state index is 11.7. The van der Waals surface area contributed by atoms with Crippen LogP contribution in [-0.2, 0) is 16.4 Å². The van der Waals surface area contributed by atoms with Crippen molar-refractivity contribution >= 4 is 21.9 Å². The summed E-state index contributed by atoms with van der Waals surface area (Å²) in [5.74, 6) is 1.51. The zero-order chi connectivity index (χ0) is 23.0. The monoisotopic (exact) mass is 452 g/mol. The predicted octanol–water partition coefficient (Wildman–Crippen LogP) is 2.20. The highest BCUT2D eigenvalue weighted by molar-refractivity contribution is 7.91. The van der Waals surface area contributed by atoms with Crippen molar-refractivity contribution in [3.63, 3.8) is 0 Å². The van der Waals surface area contributed by atoms with Gasteiger partial charge in [0.2, 0.25) is 27.8 Å². The van der Waals surface area contributed by atoms with Gasteiger partial charge in [-0.2, -0.15) is 15.0 Å². The maximum atomic E-state index is 11.7. The van der Waals surface area contributed by atoms with Crippen molar-refractivity contribution in [1.29, 1.82) is 0 Å². The molecule has 31 heavy (non-hydrogen) atoms. The van der Waals surface area contributed by atoms with Gasteiger partial charge in [0.1, 0.15) is 5.82 Å². The molecule has 0 bridgehead atoms. The molecule has 2 aromatic heterocycles. The molecule has 11 heteroatoms. The Morgan fingerprint density at radius 3 is 2.39 bits per heavy atom. The molecule has 0 aliphatic rings. The summed E-state index contributed by atoms with van der Waals surface area (Å²) in [7, 11) is -3.56. The number of hydrogen-bond acceptors (Lipinski definition) is 9. The van der Waals surface area contributed by atoms with E-state index in [0.717, 1.165) is 11.8 Å². The summed E-state index contributed by atoms with van der Waals surface area (Å²) < 4.78 is 31.0. The van der Waals surface area contributed by atoms with E-state index in [1.54, 1.807) is 6.20 Å². The van der Waals surface area contributed by atoms with Gasteiger partial charge < -0.3 is 15.2 Å².